The molecule has 0 unspecified atom stereocenters. The highest BCUT2D eigenvalue weighted by Crippen LogP contribution is 2.27. The fourth-order valence-electron chi connectivity index (χ4n) is 2.47. The molecule has 7 nitrogen and oxygen atoms in total. The topological polar surface area (TPSA) is 93.7 Å². The molecule has 0 heterocycles. The largest absolute Gasteiger partial charge is 0.496 e. The number of para-hydroxylation sites is 1. The van der Waals surface area contributed by atoms with Gasteiger partial charge in [-0.3, -0.25) is 4.79 Å². The average Bonchev–Trinajstić information content (AvgIpc) is 2.71. The summed E-state index contributed by atoms with van der Waals surface area (Å²) in [6.07, 6.45) is 1.63. The third kappa shape index (κ3) is 6.92. The van der Waals surface area contributed by atoms with Gasteiger partial charge in [0.2, 0.25) is 10.0 Å². The Labute approximate surface area is 176 Å². The van der Waals surface area contributed by atoms with Gasteiger partial charge in [0, 0.05) is 18.7 Å². The lowest BCUT2D eigenvalue weighted by Crippen LogP contribution is -2.28. The standard InChI is InChI=1S/C20H25ClN2O5S/c1-3-4-11-23-29(25,26)16-9-10-19(17(21)12-16)28-14-20(24)22-13-15-7-5-6-8-18(15)27-2/h5-10,12,23H,3-4,11,13-14H2,1-2H3,(H,22,24). The molecule has 0 saturated carbocycles. The van der Waals surface area contributed by atoms with E-state index in [2.05, 4.69) is 10.0 Å². The molecule has 2 rings (SSSR count). The number of ether oxygens (including phenoxy) is 2. The lowest BCUT2D eigenvalue weighted by molar-refractivity contribution is -0.123. The number of hydrogen-bond donors (Lipinski definition) is 2. The van der Waals surface area contributed by atoms with E-state index in [0.29, 0.717) is 18.8 Å². The van der Waals surface area contributed by atoms with Crippen molar-refractivity contribution in [2.75, 3.05) is 20.3 Å². The first-order valence-electron chi connectivity index (χ1n) is 9.18. The molecule has 2 aromatic carbocycles. The molecule has 29 heavy (non-hydrogen) atoms. The quantitative estimate of drug-likeness (QED) is 0.523. The average molecular weight is 441 g/mol. The van der Waals surface area contributed by atoms with Crippen molar-refractivity contribution in [1.29, 1.82) is 0 Å². The first-order chi connectivity index (χ1) is 13.9. The highest BCUT2D eigenvalue weighted by molar-refractivity contribution is 7.89. The maximum Gasteiger partial charge on any atom is 0.258 e. The molecule has 0 saturated heterocycles. The van der Waals surface area contributed by atoms with Gasteiger partial charge in [-0.1, -0.05) is 43.1 Å². The maximum atomic E-state index is 12.2. The molecule has 0 spiro atoms. The number of nitrogens with one attached hydrogen (secondary N) is 2. The summed E-state index contributed by atoms with van der Waals surface area (Å²) in [7, 11) is -2.07. The van der Waals surface area contributed by atoms with Crippen LogP contribution in [0.1, 0.15) is 25.3 Å². The lowest BCUT2D eigenvalue weighted by atomic mass is 10.2. The van der Waals surface area contributed by atoms with Gasteiger partial charge in [-0.25, -0.2) is 13.1 Å². The van der Waals surface area contributed by atoms with E-state index in [1.165, 1.54) is 18.2 Å². The Morgan fingerprint density at radius 3 is 2.59 bits per heavy atom. The molecule has 0 radical (unpaired) electrons. The molecule has 2 aromatic rings. The smallest absolute Gasteiger partial charge is 0.258 e. The Morgan fingerprint density at radius 1 is 1.14 bits per heavy atom. The molecule has 9 heteroatoms. The van der Waals surface area contributed by atoms with E-state index < -0.39 is 10.0 Å². The molecule has 158 valence electrons. The molecule has 0 aliphatic carbocycles. The second-order valence-electron chi connectivity index (χ2n) is 6.22. The van der Waals surface area contributed by atoms with Gasteiger partial charge in [0.15, 0.2) is 6.61 Å². The Kier molecular flexibility index (Phi) is 8.75. The van der Waals surface area contributed by atoms with Gasteiger partial charge in [0.05, 0.1) is 17.0 Å². The molecular weight excluding hydrogens is 416 g/mol. The van der Waals surface area contributed by atoms with Gasteiger partial charge >= 0.3 is 0 Å². The number of sulfonamides is 1. The van der Waals surface area contributed by atoms with E-state index in [-0.39, 0.29) is 28.2 Å². The van der Waals surface area contributed by atoms with Gasteiger partial charge in [-0.05, 0) is 30.7 Å². The van der Waals surface area contributed by atoms with Gasteiger partial charge in [0.25, 0.3) is 5.91 Å². The summed E-state index contributed by atoms with van der Waals surface area (Å²) >= 11 is 6.13. The summed E-state index contributed by atoms with van der Waals surface area (Å²) in [6, 6.07) is 11.5. The highest BCUT2D eigenvalue weighted by Gasteiger charge is 2.16. The van der Waals surface area contributed by atoms with E-state index in [1.54, 1.807) is 7.11 Å². The third-order valence-corrected chi connectivity index (χ3v) is 5.82. The van der Waals surface area contributed by atoms with Crippen LogP contribution in [0.4, 0.5) is 0 Å². The second-order valence-corrected chi connectivity index (χ2v) is 8.39. The van der Waals surface area contributed by atoms with Gasteiger partial charge in [0.1, 0.15) is 11.5 Å². The fourth-order valence-corrected chi connectivity index (χ4v) is 3.87. The molecule has 1 amide bonds. The number of methoxy groups -OCH3 is 1. The minimum Gasteiger partial charge on any atom is -0.496 e. The predicted octanol–water partition coefficient (Wildman–Crippen LogP) is 3.12. The van der Waals surface area contributed by atoms with Crippen molar-refractivity contribution in [1.82, 2.24) is 10.0 Å². The number of halogens is 1. The summed E-state index contributed by atoms with van der Waals surface area (Å²) < 4.78 is 37.6. The molecular formula is C20H25ClN2O5S. The lowest BCUT2D eigenvalue weighted by Gasteiger charge is -2.12. The summed E-state index contributed by atoms with van der Waals surface area (Å²) in [5.41, 5.74) is 0.839. The van der Waals surface area contributed by atoms with E-state index in [9.17, 15) is 13.2 Å². The van der Waals surface area contributed by atoms with Crippen molar-refractivity contribution < 1.29 is 22.7 Å². The minimum absolute atomic E-state index is 0.0478. The SMILES string of the molecule is CCCCNS(=O)(=O)c1ccc(OCC(=O)NCc2ccccc2OC)c(Cl)c1. The second kappa shape index (κ2) is 11.0. The molecule has 0 atom stereocenters. The van der Waals surface area contributed by atoms with Crippen LogP contribution in [0.25, 0.3) is 0 Å². The van der Waals surface area contributed by atoms with Crippen LogP contribution in [0.5, 0.6) is 11.5 Å². The Morgan fingerprint density at radius 2 is 1.90 bits per heavy atom. The number of rotatable bonds is 11. The van der Waals surface area contributed by atoms with Crippen LogP contribution >= 0.6 is 11.6 Å². The highest BCUT2D eigenvalue weighted by atomic mass is 35.5. The molecule has 0 aromatic heterocycles. The van der Waals surface area contributed by atoms with Crippen LogP contribution in [0.15, 0.2) is 47.4 Å². The zero-order chi connectivity index (χ0) is 21.3. The molecule has 0 aliphatic heterocycles. The first kappa shape index (κ1) is 23.0. The van der Waals surface area contributed by atoms with E-state index in [0.717, 1.165) is 18.4 Å². The molecule has 0 fully saturated rings. The van der Waals surface area contributed by atoms with E-state index in [4.69, 9.17) is 21.1 Å². The van der Waals surface area contributed by atoms with Gasteiger partial charge in [-0.2, -0.15) is 0 Å². The van der Waals surface area contributed by atoms with Crippen molar-refractivity contribution in [3.8, 4) is 11.5 Å². The maximum absolute atomic E-state index is 12.2. The number of hydrogen-bond acceptors (Lipinski definition) is 5. The summed E-state index contributed by atoms with van der Waals surface area (Å²) in [6.45, 7) is 2.38. The number of amides is 1. The minimum atomic E-state index is -3.63. The third-order valence-electron chi connectivity index (χ3n) is 4.06. The number of carbonyl (C=O) groups is 1. The van der Waals surface area contributed by atoms with Gasteiger partial charge < -0.3 is 14.8 Å². The monoisotopic (exact) mass is 440 g/mol. The number of carbonyl (C=O) groups excluding carboxylic acids is 1. The van der Waals surface area contributed by atoms with Crippen molar-refractivity contribution in [2.45, 2.75) is 31.2 Å². The van der Waals surface area contributed by atoms with Crippen molar-refractivity contribution >= 4 is 27.5 Å². The van der Waals surface area contributed by atoms with Crippen LogP contribution in [0.3, 0.4) is 0 Å². The predicted molar refractivity (Wildman–Crippen MR) is 112 cm³/mol. The Balaban J connectivity index is 1.91. The Hall–Kier alpha value is -2.29. The first-order valence-corrected chi connectivity index (χ1v) is 11.0. The molecule has 0 bridgehead atoms. The fraction of sp³-hybridized carbons (Fsp3) is 0.350. The number of benzene rings is 2. The van der Waals surface area contributed by atoms with Crippen LogP contribution < -0.4 is 19.5 Å². The van der Waals surface area contributed by atoms with Crippen LogP contribution in [-0.4, -0.2) is 34.6 Å². The Bertz CT molecular complexity index is 934. The van der Waals surface area contributed by atoms with Crippen LogP contribution in [0.2, 0.25) is 5.02 Å². The summed E-state index contributed by atoms with van der Waals surface area (Å²) in [4.78, 5) is 12.1. The van der Waals surface area contributed by atoms with Crippen LogP contribution in [0, 0.1) is 0 Å². The normalized spacial score (nSPS) is 11.1. The number of unbranched alkanes of at least 4 members (excludes halogenated alkanes) is 1. The zero-order valence-electron chi connectivity index (χ0n) is 16.4. The van der Waals surface area contributed by atoms with Crippen molar-refractivity contribution in [3.05, 3.63) is 53.1 Å². The summed E-state index contributed by atoms with van der Waals surface area (Å²) in [5, 5.41) is 2.85. The molecule has 0 aliphatic rings. The van der Waals surface area contributed by atoms with E-state index in [1.807, 2.05) is 31.2 Å². The molecule has 2 N–H and O–H groups in total. The van der Waals surface area contributed by atoms with Crippen LogP contribution in [-0.2, 0) is 21.4 Å². The van der Waals surface area contributed by atoms with Crippen molar-refractivity contribution in [3.63, 3.8) is 0 Å². The van der Waals surface area contributed by atoms with Crippen molar-refractivity contribution in [2.24, 2.45) is 0 Å². The zero-order valence-corrected chi connectivity index (χ0v) is 18.0. The van der Waals surface area contributed by atoms with E-state index >= 15 is 0 Å². The summed E-state index contributed by atoms with van der Waals surface area (Å²) in [5.74, 6) is 0.567. The van der Waals surface area contributed by atoms with Gasteiger partial charge in [-0.15, -0.1) is 0 Å².